The second-order valence-electron chi connectivity index (χ2n) is 5.18. The quantitative estimate of drug-likeness (QED) is 0.914. The number of rotatable bonds is 3. The highest BCUT2D eigenvalue weighted by atomic mass is 35.5. The lowest BCUT2D eigenvalue weighted by molar-refractivity contribution is 0.0676. The Morgan fingerprint density at radius 1 is 1.45 bits per heavy atom. The van der Waals surface area contributed by atoms with E-state index < -0.39 is 6.09 Å². The van der Waals surface area contributed by atoms with Crippen molar-refractivity contribution < 1.29 is 14.3 Å². The van der Waals surface area contributed by atoms with Crippen LogP contribution in [0, 0.1) is 0 Å². The van der Waals surface area contributed by atoms with E-state index in [4.69, 9.17) is 27.9 Å². The summed E-state index contributed by atoms with van der Waals surface area (Å²) >= 11 is 12.0. The molecular formula is C14H19Cl2N3O3. The molecule has 1 aliphatic heterocycles. The zero-order valence-corrected chi connectivity index (χ0v) is 14.1. The molecular weight excluding hydrogens is 329 g/mol. The molecule has 1 aromatic heterocycles. The van der Waals surface area contributed by atoms with Crippen molar-refractivity contribution in [3.63, 3.8) is 0 Å². The topological polar surface area (TPSA) is 63.6 Å². The van der Waals surface area contributed by atoms with Crippen LogP contribution in [0.15, 0.2) is 6.07 Å². The third-order valence-corrected chi connectivity index (χ3v) is 4.48. The molecule has 1 fully saturated rings. The lowest BCUT2D eigenvalue weighted by Gasteiger charge is -2.33. The van der Waals surface area contributed by atoms with Gasteiger partial charge in [0.15, 0.2) is 0 Å². The Balaban J connectivity index is 2.04. The molecule has 8 heteroatoms. The van der Waals surface area contributed by atoms with Crippen LogP contribution in [-0.2, 0) is 11.8 Å². The van der Waals surface area contributed by atoms with Crippen LogP contribution in [0.4, 0.5) is 4.79 Å². The number of nitrogens with zero attached hydrogens (tertiary/aromatic N) is 2. The molecule has 22 heavy (non-hydrogen) atoms. The average Bonchev–Trinajstić information content (AvgIpc) is 2.74. The number of halogens is 2. The van der Waals surface area contributed by atoms with Crippen molar-refractivity contribution >= 4 is 35.2 Å². The Bertz CT molecular complexity index is 574. The summed E-state index contributed by atoms with van der Waals surface area (Å²) in [6.07, 6.45) is 1.18. The largest absolute Gasteiger partial charge is 0.450 e. The van der Waals surface area contributed by atoms with E-state index in [2.05, 4.69) is 5.32 Å². The number of nitrogens with one attached hydrogen (secondary N) is 1. The highest BCUT2D eigenvalue weighted by Gasteiger charge is 2.28. The summed E-state index contributed by atoms with van der Waals surface area (Å²) in [4.78, 5) is 25.8. The predicted octanol–water partition coefficient (Wildman–Crippen LogP) is 2.68. The number of amides is 2. The molecule has 1 N–H and O–H groups in total. The van der Waals surface area contributed by atoms with Gasteiger partial charge in [-0.3, -0.25) is 4.79 Å². The maximum atomic E-state index is 12.6. The van der Waals surface area contributed by atoms with Crippen LogP contribution in [-0.4, -0.2) is 47.2 Å². The van der Waals surface area contributed by atoms with Gasteiger partial charge in [0.2, 0.25) is 0 Å². The minimum atomic E-state index is -0.452. The van der Waals surface area contributed by atoms with Crippen molar-refractivity contribution in [3.05, 3.63) is 21.9 Å². The number of carbonyl (C=O) groups excluding carboxylic acids is 2. The molecule has 1 aliphatic rings. The summed E-state index contributed by atoms with van der Waals surface area (Å²) in [7, 11) is 1.69. The van der Waals surface area contributed by atoms with Crippen molar-refractivity contribution in [3.8, 4) is 0 Å². The molecule has 6 nitrogen and oxygen atoms in total. The molecule has 0 aromatic carbocycles. The zero-order valence-electron chi connectivity index (χ0n) is 12.6. The SMILES string of the molecule is CCOC(=O)NC1CCCN(C(=O)c2cc(Cl)c(Cl)n2C)C1. The predicted molar refractivity (Wildman–Crippen MR) is 84.5 cm³/mol. The second kappa shape index (κ2) is 7.24. The summed E-state index contributed by atoms with van der Waals surface area (Å²) in [5.41, 5.74) is 0.437. The molecule has 1 atom stereocenters. The van der Waals surface area contributed by atoms with Crippen LogP contribution in [0.1, 0.15) is 30.3 Å². The summed E-state index contributed by atoms with van der Waals surface area (Å²) in [6, 6.07) is 1.46. The number of hydrogen-bond acceptors (Lipinski definition) is 3. The second-order valence-corrected chi connectivity index (χ2v) is 5.95. The van der Waals surface area contributed by atoms with Gasteiger partial charge in [-0.15, -0.1) is 0 Å². The fourth-order valence-corrected chi connectivity index (χ4v) is 2.90. The van der Waals surface area contributed by atoms with Gasteiger partial charge >= 0.3 is 6.09 Å². The number of likely N-dealkylation sites (tertiary alicyclic amines) is 1. The standard InChI is InChI=1S/C14H19Cl2N3O3/c1-3-22-14(21)17-9-5-4-6-19(8-9)13(20)11-7-10(15)12(16)18(11)2/h7,9H,3-6,8H2,1-2H3,(H,17,21). The number of aromatic nitrogens is 1. The molecule has 122 valence electrons. The Hall–Kier alpha value is -1.40. The molecule has 1 saturated heterocycles. The van der Waals surface area contributed by atoms with Crippen LogP contribution in [0.25, 0.3) is 0 Å². The lowest BCUT2D eigenvalue weighted by Crippen LogP contribution is -2.50. The average molecular weight is 348 g/mol. The van der Waals surface area contributed by atoms with E-state index in [-0.39, 0.29) is 11.9 Å². The molecule has 1 aromatic rings. The first-order valence-corrected chi connectivity index (χ1v) is 7.93. The molecule has 0 radical (unpaired) electrons. The maximum Gasteiger partial charge on any atom is 0.407 e. The maximum absolute atomic E-state index is 12.6. The van der Waals surface area contributed by atoms with E-state index in [1.807, 2.05) is 0 Å². The first-order chi connectivity index (χ1) is 10.4. The van der Waals surface area contributed by atoms with Gasteiger partial charge in [-0.1, -0.05) is 23.2 Å². The first kappa shape index (κ1) is 17.0. The van der Waals surface area contributed by atoms with E-state index >= 15 is 0 Å². The van der Waals surface area contributed by atoms with Gasteiger partial charge in [-0.05, 0) is 25.8 Å². The molecule has 1 unspecified atom stereocenters. The molecule has 0 saturated carbocycles. The summed E-state index contributed by atoms with van der Waals surface area (Å²) in [5, 5.41) is 3.46. The molecule has 0 spiro atoms. The monoisotopic (exact) mass is 347 g/mol. The van der Waals surface area contributed by atoms with E-state index in [1.165, 1.54) is 0 Å². The van der Waals surface area contributed by atoms with Crippen molar-refractivity contribution in [2.75, 3.05) is 19.7 Å². The van der Waals surface area contributed by atoms with Crippen molar-refractivity contribution in [1.82, 2.24) is 14.8 Å². The summed E-state index contributed by atoms with van der Waals surface area (Å²) < 4.78 is 6.43. The van der Waals surface area contributed by atoms with E-state index in [1.54, 1.807) is 29.5 Å². The molecule has 0 bridgehead atoms. The molecule has 2 rings (SSSR count). The van der Waals surface area contributed by atoms with Crippen LogP contribution in [0.3, 0.4) is 0 Å². The summed E-state index contributed by atoms with van der Waals surface area (Å²) in [6.45, 7) is 3.15. The fraction of sp³-hybridized carbons (Fsp3) is 0.571. The highest BCUT2D eigenvalue weighted by molar-refractivity contribution is 6.41. The minimum absolute atomic E-state index is 0.108. The number of ether oxygens (including phenoxy) is 1. The van der Waals surface area contributed by atoms with Gasteiger partial charge in [-0.25, -0.2) is 4.79 Å². The van der Waals surface area contributed by atoms with E-state index in [9.17, 15) is 9.59 Å². The Morgan fingerprint density at radius 2 is 2.18 bits per heavy atom. The van der Waals surface area contributed by atoms with Gasteiger partial charge in [0, 0.05) is 26.2 Å². The van der Waals surface area contributed by atoms with Crippen LogP contribution < -0.4 is 5.32 Å². The van der Waals surface area contributed by atoms with Gasteiger partial charge in [0.05, 0.1) is 11.6 Å². The van der Waals surface area contributed by atoms with Crippen LogP contribution in [0.5, 0.6) is 0 Å². The van der Waals surface area contributed by atoms with Crippen molar-refractivity contribution in [2.45, 2.75) is 25.8 Å². The Labute approximate surface area is 139 Å². The first-order valence-electron chi connectivity index (χ1n) is 7.17. The van der Waals surface area contributed by atoms with Gasteiger partial charge in [0.25, 0.3) is 5.91 Å². The number of hydrogen-bond donors (Lipinski definition) is 1. The van der Waals surface area contributed by atoms with E-state index in [0.717, 1.165) is 12.8 Å². The molecule has 2 amide bonds. The van der Waals surface area contributed by atoms with E-state index in [0.29, 0.717) is 35.6 Å². The third-order valence-electron chi connectivity index (χ3n) is 3.64. The molecule has 0 aliphatic carbocycles. The highest BCUT2D eigenvalue weighted by Crippen LogP contribution is 2.26. The lowest BCUT2D eigenvalue weighted by atomic mass is 10.1. The minimum Gasteiger partial charge on any atom is -0.450 e. The number of piperidine rings is 1. The smallest absolute Gasteiger partial charge is 0.407 e. The van der Waals surface area contributed by atoms with Gasteiger partial charge in [-0.2, -0.15) is 0 Å². The third kappa shape index (κ3) is 3.67. The fourth-order valence-electron chi connectivity index (χ4n) is 2.53. The van der Waals surface area contributed by atoms with Crippen molar-refractivity contribution in [1.29, 1.82) is 0 Å². The van der Waals surface area contributed by atoms with Crippen LogP contribution in [0.2, 0.25) is 10.2 Å². The van der Waals surface area contributed by atoms with Crippen LogP contribution >= 0.6 is 23.2 Å². The van der Waals surface area contributed by atoms with Gasteiger partial charge in [0.1, 0.15) is 10.8 Å². The zero-order chi connectivity index (χ0) is 16.3. The number of carbonyl (C=O) groups is 2. The molecule has 2 heterocycles. The van der Waals surface area contributed by atoms with Crippen molar-refractivity contribution in [2.24, 2.45) is 7.05 Å². The Kier molecular flexibility index (Phi) is 5.58. The Morgan fingerprint density at radius 3 is 2.77 bits per heavy atom. The van der Waals surface area contributed by atoms with Gasteiger partial charge < -0.3 is 19.5 Å². The summed E-state index contributed by atoms with van der Waals surface area (Å²) in [5.74, 6) is -0.147. The number of alkyl carbamates (subject to hydrolysis) is 1. The normalized spacial score (nSPS) is 18.2.